The van der Waals surface area contributed by atoms with Gasteiger partial charge in [0.2, 0.25) is 0 Å². The largest absolute Gasteiger partial charge is 0.458 e. The summed E-state index contributed by atoms with van der Waals surface area (Å²) in [5, 5.41) is 2.51. The molecule has 0 aromatic carbocycles. The van der Waals surface area contributed by atoms with Crippen LogP contribution in [0.3, 0.4) is 0 Å². The summed E-state index contributed by atoms with van der Waals surface area (Å²) in [7, 11) is 0. The van der Waals surface area contributed by atoms with Crippen molar-refractivity contribution >= 4 is 28.0 Å². The number of rotatable bonds is 3. The Hall–Kier alpha value is -0.780. The van der Waals surface area contributed by atoms with E-state index in [1.807, 2.05) is 0 Å². The summed E-state index contributed by atoms with van der Waals surface area (Å²) >= 11 is 3.29. The quantitative estimate of drug-likeness (QED) is 0.635. The van der Waals surface area contributed by atoms with E-state index < -0.39 is 29.3 Å². The molecule has 0 bridgehead atoms. The van der Waals surface area contributed by atoms with E-state index in [-0.39, 0.29) is 4.83 Å². The Morgan fingerprint density at radius 1 is 1.00 bits per heavy atom. The van der Waals surface area contributed by atoms with Crippen molar-refractivity contribution in [2.45, 2.75) is 70.5 Å². The van der Waals surface area contributed by atoms with Gasteiger partial charge in [-0.05, 0) is 41.5 Å². The molecule has 0 heterocycles. The summed E-state index contributed by atoms with van der Waals surface area (Å²) in [6.45, 7) is 12.3. The lowest BCUT2D eigenvalue weighted by atomic mass is 10.1. The van der Waals surface area contributed by atoms with Crippen molar-refractivity contribution < 1.29 is 19.1 Å². The van der Waals surface area contributed by atoms with Gasteiger partial charge in [-0.2, -0.15) is 0 Å². The molecule has 0 saturated carbocycles. The van der Waals surface area contributed by atoms with Crippen LogP contribution >= 0.6 is 15.9 Å². The van der Waals surface area contributed by atoms with Crippen molar-refractivity contribution in [2.75, 3.05) is 0 Å². The van der Waals surface area contributed by atoms with Gasteiger partial charge < -0.3 is 14.8 Å². The van der Waals surface area contributed by atoms with Crippen LogP contribution in [-0.4, -0.2) is 34.1 Å². The zero-order valence-electron chi connectivity index (χ0n) is 12.7. The highest BCUT2D eigenvalue weighted by Gasteiger charge is 2.31. The molecule has 19 heavy (non-hydrogen) atoms. The fraction of sp³-hybridized carbons (Fsp3) is 0.846. The highest BCUT2D eigenvalue weighted by atomic mass is 79.9. The topological polar surface area (TPSA) is 64.6 Å². The maximum atomic E-state index is 12.0. The van der Waals surface area contributed by atoms with Gasteiger partial charge in [0.15, 0.2) is 0 Å². The van der Waals surface area contributed by atoms with Gasteiger partial charge in [-0.15, -0.1) is 0 Å². The molecule has 1 N–H and O–H groups in total. The third kappa shape index (κ3) is 8.86. The van der Waals surface area contributed by atoms with Crippen molar-refractivity contribution in [3.63, 3.8) is 0 Å². The molecular weight excluding hydrogens is 314 g/mol. The molecule has 0 spiro atoms. The molecule has 1 unspecified atom stereocenters. The molecule has 6 heteroatoms. The van der Waals surface area contributed by atoms with Crippen LogP contribution in [0.4, 0.5) is 4.79 Å². The Balaban J connectivity index is 4.67. The molecule has 0 aromatic rings. The lowest BCUT2D eigenvalue weighted by molar-refractivity contribution is -0.157. The fourth-order valence-electron chi connectivity index (χ4n) is 1.16. The number of hydrogen-bond acceptors (Lipinski definition) is 4. The number of halogens is 1. The summed E-state index contributed by atoms with van der Waals surface area (Å²) in [5.74, 6) is -0.497. The van der Waals surface area contributed by atoms with Gasteiger partial charge in [0.25, 0.3) is 0 Å². The average Bonchev–Trinajstić information content (AvgIpc) is 2.07. The predicted octanol–water partition coefficient (Wildman–Crippen LogP) is 3.00. The maximum Gasteiger partial charge on any atom is 0.408 e. The minimum absolute atomic E-state index is 0.269. The molecule has 0 radical (unpaired) electrons. The second kappa shape index (κ2) is 6.59. The van der Waals surface area contributed by atoms with E-state index in [2.05, 4.69) is 21.2 Å². The number of ether oxygens (including phenoxy) is 2. The SMILES string of the molecule is CC(Br)[C@@H](NC(=O)OC(C)(C)C)C(=O)OC(C)(C)C. The molecule has 0 aliphatic rings. The second-order valence-corrected chi connectivity index (χ2v) is 7.78. The molecule has 0 saturated heterocycles. The van der Waals surface area contributed by atoms with Crippen LogP contribution in [0.2, 0.25) is 0 Å². The highest BCUT2D eigenvalue weighted by Crippen LogP contribution is 2.14. The number of carbonyl (C=O) groups excluding carboxylic acids is 2. The Bertz CT molecular complexity index is 329. The van der Waals surface area contributed by atoms with Gasteiger partial charge in [0.05, 0.1) is 0 Å². The number of carbonyl (C=O) groups is 2. The molecular formula is C13H24BrNO4. The third-order valence-corrected chi connectivity index (χ3v) is 2.32. The zero-order valence-corrected chi connectivity index (χ0v) is 14.3. The smallest absolute Gasteiger partial charge is 0.408 e. The average molecular weight is 338 g/mol. The molecule has 112 valence electrons. The summed E-state index contributed by atoms with van der Waals surface area (Å²) in [5.41, 5.74) is -1.22. The van der Waals surface area contributed by atoms with Gasteiger partial charge in [-0.3, -0.25) is 0 Å². The standard InChI is InChI=1S/C13H24BrNO4/c1-8(14)9(10(16)18-12(2,3)4)15-11(17)19-13(5,6)7/h8-9H,1-7H3,(H,15,17)/t8?,9-/m1/s1. The van der Waals surface area contributed by atoms with Crippen molar-refractivity contribution in [3.8, 4) is 0 Å². The molecule has 5 nitrogen and oxygen atoms in total. The van der Waals surface area contributed by atoms with Crippen LogP contribution in [0.25, 0.3) is 0 Å². The Morgan fingerprint density at radius 2 is 1.42 bits per heavy atom. The van der Waals surface area contributed by atoms with Crippen molar-refractivity contribution in [1.82, 2.24) is 5.32 Å². The van der Waals surface area contributed by atoms with E-state index in [0.29, 0.717) is 0 Å². The van der Waals surface area contributed by atoms with E-state index in [9.17, 15) is 9.59 Å². The third-order valence-electron chi connectivity index (χ3n) is 1.79. The first kappa shape index (κ1) is 18.2. The molecule has 2 atom stereocenters. The van der Waals surface area contributed by atoms with Crippen LogP contribution in [0, 0.1) is 0 Å². The number of esters is 1. The van der Waals surface area contributed by atoms with E-state index in [0.717, 1.165) is 0 Å². The first-order chi connectivity index (χ1) is 8.32. The number of alkyl carbamates (subject to hydrolysis) is 1. The summed E-state index contributed by atoms with van der Waals surface area (Å²) < 4.78 is 10.4. The summed E-state index contributed by atoms with van der Waals surface area (Å²) in [6, 6.07) is -0.797. The van der Waals surface area contributed by atoms with Crippen LogP contribution in [0.1, 0.15) is 48.5 Å². The van der Waals surface area contributed by atoms with E-state index in [1.165, 1.54) is 0 Å². The van der Waals surface area contributed by atoms with Gasteiger partial charge >= 0.3 is 12.1 Å². The molecule has 0 rings (SSSR count). The molecule has 1 amide bonds. The van der Waals surface area contributed by atoms with Crippen LogP contribution in [-0.2, 0) is 14.3 Å². The molecule has 0 fully saturated rings. The van der Waals surface area contributed by atoms with Crippen molar-refractivity contribution in [2.24, 2.45) is 0 Å². The summed E-state index contributed by atoms with van der Waals surface area (Å²) in [4.78, 5) is 23.4. The molecule has 0 aromatic heterocycles. The van der Waals surface area contributed by atoms with Gasteiger partial charge in [-0.1, -0.05) is 22.9 Å². The second-order valence-electron chi connectivity index (χ2n) is 6.33. The van der Waals surface area contributed by atoms with Crippen molar-refractivity contribution in [3.05, 3.63) is 0 Å². The summed E-state index contributed by atoms with van der Waals surface area (Å²) in [6.07, 6.45) is -0.644. The Kier molecular flexibility index (Phi) is 6.32. The lowest BCUT2D eigenvalue weighted by Crippen LogP contribution is -2.49. The fourth-order valence-corrected chi connectivity index (χ4v) is 1.51. The maximum absolute atomic E-state index is 12.0. The van der Waals surface area contributed by atoms with Crippen LogP contribution < -0.4 is 5.32 Å². The Morgan fingerprint density at radius 3 is 1.74 bits per heavy atom. The minimum Gasteiger partial charge on any atom is -0.458 e. The zero-order chi connectivity index (χ0) is 15.4. The van der Waals surface area contributed by atoms with E-state index in [4.69, 9.17) is 9.47 Å². The van der Waals surface area contributed by atoms with Gasteiger partial charge in [-0.25, -0.2) is 9.59 Å². The number of hydrogen-bond donors (Lipinski definition) is 1. The molecule has 0 aliphatic heterocycles. The highest BCUT2D eigenvalue weighted by molar-refractivity contribution is 9.09. The molecule has 0 aliphatic carbocycles. The first-order valence-corrected chi connectivity index (χ1v) is 7.10. The number of alkyl halides is 1. The van der Waals surface area contributed by atoms with E-state index >= 15 is 0 Å². The van der Waals surface area contributed by atoms with Crippen molar-refractivity contribution in [1.29, 1.82) is 0 Å². The van der Waals surface area contributed by atoms with Gasteiger partial charge in [0.1, 0.15) is 17.2 Å². The van der Waals surface area contributed by atoms with Crippen LogP contribution in [0.5, 0.6) is 0 Å². The van der Waals surface area contributed by atoms with E-state index in [1.54, 1.807) is 48.5 Å². The van der Waals surface area contributed by atoms with Gasteiger partial charge in [0, 0.05) is 4.83 Å². The monoisotopic (exact) mass is 337 g/mol. The first-order valence-electron chi connectivity index (χ1n) is 6.18. The minimum atomic E-state index is -0.797. The lowest BCUT2D eigenvalue weighted by Gasteiger charge is -2.27. The predicted molar refractivity (Wildman–Crippen MR) is 77.4 cm³/mol. The number of nitrogens with one attached hydrogen (secondary N) is 1. The number of amides is 1. The normalized spacial score (nSPS) is 15.4. The Labute approximate surface area is 123 Å². The van der Waals surface area contributed by atoms with Crippen LogP contribution in [0.15, 0.2) is 0 Å².